The summed E-state index contributed by atoms with van der Waals surface area (Å²) < 4.78 is 7.42. The lowest BCUT2D eigenvalue weighted by atomic mass is 10.1. The van der Waals surface area contributed by atoms with Crippen LogP contribution in [0, 0.1) is 0 Å². The van der Waals surface area contributed by atoms with E-state index in [1.165, 1.54) is 0 Å². The molecule has 2 heterocycles. The van der Waals surface area contributed by atoms with E-state index in [0.29, 0.717) is 4.67 Å². The quantitative estimate of drug-likeness (QED) is 0.878. The Labute approximate surface area is 89.0 Å². The molecule has 1 atom stereocenters. The summed E-state index contributed by atoms with van der Waals surface area (Å²) in [5.74, 6) is 0. The Kier molecular flexibility index (Phi) is 2.39. The second kappa shape index (κ2) is 3.55. The zero-order valence-corrected chi connectivity index (χ0v) is 9.10. The van der Waals surface area contributed by atoms with Crippen LogP contribution in [0.3, 0.4) is 0 Å². The van der Waals surface area contributed by atoms with Crippen LogP contribution in [0.5, 0.6) is 0 Å². The molecule has 0 amide bonds. The summed E-state index contributed by atoms with van der Waals surface area (Å²) in [6, 6.07) is 1.57. The molecule has 74 valence electrons. The van der Waals surface area contributed by atoms with Gasteiger partial charge in [0.1, 0.15) is 0 Å². The fourth-order valence-corrected chi connectivity index (χ4v) is 1.59. The van der Waals surface area contributed by atoms with Gasteiger partial charge in [-0.05, 0) is 22.0 Å². The highest BCUT2D eigenvalue weighted by molar-refractivity contribution is 9.10. The van der Waals surface area contributed by atoms with E-state index in [4.69, 9.17) is 10.2 Å². The van der Waals surface area contributed by atoms with Gasteiger partial charge in [-0.2, -0.15) is 0 Å². The zero-order chi connectivity index (χ0) is 10.1. The molecule has 0 spiro atoms. The number of nitrogens with zero attached hydrogens (tertiary/aromatic N) is 3. The van der Waals surface area contributed by atoms with E-state index >= 15 is 0 Å². The van der Waals surface area contributed by atoms with Gasteiger partial charge in [0.2, 0.25) is 0 Å². The van der Waals surface area contributed by atoms with E-state index in [1.54, 1.807) is 24.2 Å². The molecule has 6 heteroatoms. The molecule has 0 saturated carbocycles. The van der Waals surface area contributed by atoms with Crippen LogP contribution in [0.2, 0.25) is 0 Å². The van der Waals surface area contributed by atoms with Crippen LogP contribution < -0.4 is 5.73 Å². The van der Waals surface area contributed by atoms with Gasteiger partial charge < -0.3 is 10.2 Å². The number of aromatic nitrogens is 3. The minimum Gasteiger partial charge on any atom is -0.457 e. The first kappa shape index (κ1) is 9.42. The normalized spacial score (nSPS) is 13.1. The van der Waals surface area contributed by atoms with Crippen LogP contribution in [-0.4, -0.2) is 15.0 Å². The second-order valence-corrected chi connectivity index (χ2v) is 3.73. The SMILES string of the molecule is Cn1nncc1C(N)c1coc(Br)c1. The van der Waals surface area contributed by atoms with Gasteiger partial charge in [-0.25, -0.2) is 0 Å². The van der Waals surface area contributed by atoms with Crippen molar-refractivity contribution in [1.82, 2.24) is 15.0 Å². The molecule has 2 aromatic heterocycles. The summed E-state index contributed by atoms with van der Waals surface area (Å²) >= 11 is 3.22. The van der Waals surface area contributed by atoms with Gasteiger partial charge in [-0.15, -0.1) is 5.10 Å². The Bertz CT molecular complexity index is 436. The van der Waals surface area contributed by atoms with Crippen molar-refractivity contribution in [1.29, 1.82) is 0 Å². The Morgan fingerprint density at radius 1 is 1.64 bits per heavy atom. The Balaban J connectivity index is 2.33. The maximum absolute atomic E-state index is 5.99. The van der Waals surface area contributed by atoms with Crippen molar-refractivity contribution in [2.75, 3.05) is 0 Å². The molecule has 0 aliphatic rings. The number of rotatable bonds is 2. The number of hydrogen-bond acceptors (Lipinski definition) is 4. The lowest BCUT2D eigenvalue weighted by molar-refractivity contribution is 0.535. The Morgan fingerprint density at radius 2 is 2.43 bits per heavy atom. The second-order valence-electron chi connectivity index (χ2n) is 2.94. The molecule has 2 N–H and O–H groups in total. The van der Waals surface area contributed by atoms with Crippen LogP contribution in [-0.2, 0) is 7.05 Å². The number of hydrogen-bond donors (Lipinski definition) is 1. The zero-order valence-electron chi connectivity index (χ0n) is 7.51. The fraction of sp³-hybridized carbons (Fsp3) is 0.250. The smallest absolute Gasteiger partial charge is 0.169 e. The van der Waals surface area contributed by atoms with Crippen molar-refractivity contribution in [3.05, 3.63) is 34.5 Å². The molecule has 2 rings (SSSR count). The minimum atomic E-state index is -0.259. The molecule has 0 bridgehead atoms. The van der Waals surface area contributed by atoms with Crippen molar-refractivity contribution in [3.8, 4) is 0 Å². The molecular weight excluding hydrogens is 248 g/mol. The number of nitrogens with two attached hydrogens (primary N) is 1. The summed E-state index contributed by atoms with van der Waals surface area (Å²) in [6.45, 7) is 0. The molecular formula is C8H9BrN4O. The van der Waals surface area contributed by atoms with Gasteiger partial charge in [0.25, 0.3) is 0 Å². The van der Waals surface area contributed by atoms with Gasteiger partial charge in [-0.1, -0.05) is 5.21 Å². The van der Waals surface area contributed by atoms with E-state index in [2.05, 4.69) is 26.2 Å². The summed E-state index contributed by atoms with van der Waals surface area (Å²) in [6.07, 6.45) is 3.26. The van der Waals surface area contributed by atoms with Gasteiger partial charge in [0, 0.05) is 12.6 Å². The summed E-state index contributed by atoms with van der Waals surface area (Å²) in [7, 11) is 1.80. The molecule has 0 aliphatic heterocycles. The molecule has 0 radical (unpaired) electrons. The van der Waals surface area contributed by atoms with E-state index in [9.17, 15) is 0 Å². The number of aryl methyl sites for hydroxylation is 1. The lowest BCUT2D eigenvalue weighted by Crippen LogP contribution is -2.15. The van der Waals surface area contributed by atoms with Gasteiger partial charge >= 0.3 is 0 Å². The third-order valence-corrected chi connectivity index (χ3v) is 2.43. The molecule has 14 heavy (non-hydrogen) atoms. The van der Waals surface area contributed by atoms with Crippen molar-refractivity contribution >= 4 is 15.9 Å². The maximum Gasteiger partial charge on any atom is 0.169 e. The molecule has 5 nitrogen and oxygen atoms in total. The van der Waals surface area contributed by atoms with Crippen LogP contribution in [0.1, 0.15) is 17.3 Å². The minimum absolute atomic E-state index is 0.259. The van der Waals surface area contributed by atoms with Crippen LogP contribution >= 0.6 is 15.9 Å². The third-order valence-electron chi connectivity index (χ3n) is 2.01. The Morgan fingerprint density at radius 3 is 2.93 bits per heavy atom. The van der Waals surface area contributed by atoms with E-state index in [1.807, 2.05) is 6.07 Å². The van der Waals surface area contributed by atoms with Crippen molar-refractivity contribution in [2.45, 2.75) is 6.04 Å². The molecule has 0 fully saturated rings. The topological polar surface area (TPSA) is 69.9 Å². The average Bonchev–Trinajstić information content (AvgIpc) is 2.73. The summed E-state index contributed by atoms with van der Waals surface area (Å²) in [4.78, 5) is 0. The molecule has 0 aromatic carbocycles. The Hall–Kier alpha value is -1.14. The maximum atomic E-state index is 5.99. The predicted molar refractivity (Wildman–Crippen MR) is 53.4 cm³/mol. The average molecular weight is 257 g/mol. The molecule has 1 unspecified atom stereocenters. The first-order valence-electron chi connectivity index (χ1n) is 4.02. The predicted octanol–water partition coefficient (Wildman–Crippen LogP) is 1.22. The first-order chi connectivity index (χ1) is 6.68. The highest BCUT2D eigenvalue weighted by Crippen LogP contribution is 2.22. The fourth-order valence-electron chi connectivity index (χ4n) is 1.24. The van der Waals surface area contributed by atoms with Gasteiger partial charge in [0.05, 0.1) is 24.2 Å². The molecule has 2 aromatic rings. The van der Waals surface area contributed by atoms with E-state index in [0.717, 1.165) is 11.3 Å². The van der Waals surface area contributed by atoms with Crippen molar-refractivity contribution in [2.24, 2.45) is 12.8 Å². The van der Waals surface area contributed by atoms with Gasteiger partial charge in [-0.3, -0.25) is 4.68 Å². The number of halogens is 1. The van der Waals surface area contributed by atoms with Crippen molar-refractivity contribution in [3.63, 3.8) is 0 Å². The van der Waals surface area contributed by atoms with Crippen LogP contribution in [0.25, 0.3) is 0 Å². The standard InChI is InChI=1S/C8H9BrN4O/c1-13-6(3-11-12-13)8(10)5-2-7(9)14-4-5/h2-4,8H,10H2,1H3. The van der Waals surface area contributed by atoms with E-state index in [-0.39, 0.29) is 6.04 Å². The van der Waals surface area contributed by atoms with Crippen molar-refractivity contribution < 1.29 is 4.42 Å². The summed E-state index contributed by atoms with van der Waals surface area (Å²) in [5, 5.41) is 7.58. The molecule has 0 saturated heterocycles. The highest BCUT2D eigenvalue weighted by Gasteiger charge is 2.15. The number of furan rings is 1. The van der Waals surface area contributed by atoms with Crippen LogP contribution in [0.4, 0.5) is 0 Å². The third kappa shape index (κ3) is 1.58. The largest absolute Gasteiger partial charge is 0.457 e. The van der Waals surface area contributed by atoms with Gasteiger partial charge in [0.15, 0.2) is 4.67 Å². The summed E-state index contributed by atoms with van der Waals surface area (Å²) in [5.41, 5.74) is 7.73. The van der Waals surface area contributed by atoms with Crippen LogP contribution in [0.15, 0.2) is 27.6 Å². The highest BCUT2D eigenvalue weighted by atomic mass is 79.9. The molecule has 0 aliphatic carbocycles. The lowest BCUT2D eigenvalue weighted by Gasteiger charge is -2.07. The monoisotopic (exact) mass is 256 g/mol. The van der Waals surface area contributed by atoms with E-state index < -0.39 is 0 Å². The first-order valence-corrected chi connectivity index (χ1v) is 4.82.